The zero-order valence-corrected chi connectivity index (χ0v) is 18.1. The van der Waals surface area contributed by atoms with E-state index < -0.39 is 17.6 Å². The molecule has 1 N–H and O–H groups in total. The lowest BCUT2D eigenvalue weighted by atomic mass is 10.2. The molecule has 2 aromatic carbocycles. The molecule has 9 nitrogen and oxygen atoms in total. The number of carbonyl (C=O) groups excluding carboxylic acids is 2. The van der Waals surface area contributed by atoms with Crippen molar-refractivity contribution in [2.45, 2.75) is 30.4 Å². The topological polar surface area (TPSA) is 108 Å². The van der Waals surface area contributed by atoms with Crippen LogP contribution in [0.15, 0.2) is 52.3 Å². The molecular formula is C22H19FN4O5S. The van der Waals surface area contributed by atoms with Gasteiger partial charge in [-0.3, -0.25) is 9.69 Å². The number of amides is 2. The SMILES string of the molecule is O=C1CSc2ccc(N3CC(CCCn4cc5cccc(F)c5[n+]([O-])c4=O)OC3=O)cc2N1. The first-order valence-electron chi connectivity index (χ1n) is 10.4. The molecule has 1 aromatic heterocycles. The Hall–Kier alpha value is -3.60. The fourth-order valence-corrected chi connectivity index (χ4v) is 4.85. The third-order valence-electron chi connectivity index (χ3n) is 5.64. The molecule has 170 valence electrons. The van der Waals surface area contributed by atoms with Gasteiger partial charge in [0.15, 0.2) is 11.3 Å². The van der Waals surface area contributed by atoms with Gasteiger partial charge in [0, 0.05) is 10.6 Å². The lowest BCUT2D eigenvalue weighted by Gasteiger charge is -2.19. The van der Waals surface area contributed by atoms with Crippen LogP contribution < -0.4 is 20.6 Å². The number of halogens is 1. The van der Waals surface area contributed by atoms with Gasteiger partial charge in [-0.25, -0.2) is 9.18 Å². The van der Waals surface area contributed by atoms with E-state index in [4.69, 9.17) is 4.74 Å². The van der Waals surface area contributed by atoms with Gasteiger partial charge in [0.2, 0.25) is 5.91 Å². The minimum Gasteiger partial charge on any atom is -0.708 e. The molecule has 0 aliphatic carbocycles. The Morgan fingerprint density at radius 2 is 2.09 bits per heavy atom. The van der Waals surface area contributed by atoms with E-state index in [1.807, 2.05) is 12.1 Å². The lowest BCUT2D eigenvalue weighted by Crippen LogP contribution is -2.51. The highest BCUT2D eigenvalue weighted by Gasteiger charge is 2.33. The van der Waals surface area contributed by atoms with Crippen molar-refractivity contribution in [3.63, 3.8) is 0 Å². The molecule has 33 heavy (non-hydrogen) atoms. The van der Waals surface area contributed by atoms with Crippen LogP contribution in [0.1, 0.15) is 12.8 Å². The maximum atomic E-state index is 13.9. The summed E-state index contributed by atoms with van der Waals surface area (Å²) in [7, 11) is 0. The number of nitrogens with zero attached hydrogens (tertiary/aromatic N) is 3. The number of benzene rings is 2. The molecule has 5 rings (SSSR count). The summed E-state index contributed by atoms with van der Waals surface area (Å²) in [6.07, 6.45) is 1.55. The van der Waals surface area contributed by atoms with Crippen molar-refractivity contribution in [2.75, 3.05) is 22.5 Å². The number of ether oxygens (including phenoxy) is 1. The summed E-state index contributed by atoms with van der Waals surface area (Å²) in [5.74, 6) is -0.468. The summed E-state index contributed by atoms with van der Waals surface area (Å²) < 4.78 is 20.7. The van der Waals surface area contributed by atoms with E-state index >= 15 is 0 Å². The van der Waals surface area contributed by atoms with Gasteiger partial charge >= 0.3 is 11.8 Å². The Bertz CT molecular complexity index is 1340. The first kappa shape index (κ1) is 21.3. The number of anilines is 2. The number of aromatic nitrogens is 2. The molecule has 1 fully saturated rings. The Kier molecular flexibility index (Phi) is 5.41. The van der Waals surface area contributed by atoms with Gasteiger partial charge in [-0.05, 0) is 43.2 Å². The average molecular weight is 470 g/mol. The molecule has 2 amide bonds. The second kappa shape index (κ2) is 8.39. The second-order valence-electron chi connectivity index (χ2n) is 7.85. The fourth-order valence-electron chi connectivity index (χ4n) is 4.06. The monoisotopic (exact) mass is 470 g/mol. The largest absolute Gasteiger partial charge is 0.708 e. The average Bonchev–Trinajstić information content (AvgIpc) is 3.16. The number of aryl methyl sites for hydroxylation is 1. The third kappa shape index (κ3) is 3.99. The minimum absolute atomic E-state index is 0.0646. The van der Waals surface area contributed by atoms with Crippen LogP contribution >= 0.6 is 11.8 Å². The lowest BCUT2D eigenvalue weighted by molar-refractivity contribution is -0.600. The van der Waals surface area contributed by atoms with Gasteiger partial charge in [-0.15, -0.1) is 11.8 Å². The number of para-hydroxylation sites is 1. The molecule has 11 heteroatoms. The predicted octanol–water partition coefficient (Wildman–Crippen LogP) is 2.62. The van der Waals surface area contributed by atoms with E-state index in [-0.39, 0.29) is 28.8 Å². The summed E-state index contributed by atoms with van der Waals surface area (Å²) >= 11 is 1.44. The van der Waals surface area contributed by atoms with Crippen LogP contribution in [-0.2, 0) is 16.1 Å². The molecule has 3 aromatic rings. The molecule has 1 atom stereocenters. The number of cyclic esters (lactones) is 1. The zero-order valence-electron chi connectivity index (χ0n) is 17.3. The quantitative estimate of drug-likeness (QED) is 0.454. The van der Waals surface area contributed by atoms with E-state index in [9.17, 15) is 24.0 Å². The molecule has 1 unspecified atom stereocenters. The smallest absolute Gasteiger partial charge is 0.501 e. The summed E-state index contributed by atoms with van der Waals surface area (Å²) in [4.78, 5) is 38.8. The predicted molar refractivity (Wildman–Crippen MR) is 120 cm³/mol. The van der Waals surface area contributed by atoms with Crippen molar-refractivity contribution in [1.29, 1.82) is 0 Å². The van der Waals surface area contributed by atoms with Crippen molar-refractivity contribution >= 4 is 46.0 Å². The normalized spacial score (nSPS) is 17.7. The van der Waals surface area contributed by atoms with Gasteiger partial charge in [0.1, 0.15) is 12.3 Å². The Labute approximate surface area is 191 Å². The van der Waals surface area contributed by atoms with Crippen LogP contribution in [-0.4, -0.2) is 35.0 Å². The molecule has 1 saturated heterocycles. The van der Waals surface area contributed by atoms with Crippen LogP contribution in [0.4, 0.5) is 20.6 Å². The Morgan fingerprint density at radius 1 is 1.24 bits per heavy atom. The van der Waals surface area contributed by atoms with E-state index in [1.165, 1.54) is 33.5 Å². The number of hydrogen-bond donors (Lipinski definition) is 1. The Balaban J connectivity index is 1.25. The molecule has 0 radical (unpaired) electrons. The first-order chi connectivity index (χ1) is 15.9. The highest BCUT2D eigenvalue weighted by molar-refractivity contribution is 8.00. The van der Waals surface area contributed by atoms with Gasteiger partial charge in [-0.1, -0.05) is 6.07 Å². The van der Waals surface area contributed by atoms with Gasteiger partial charge in [0.05, 0.1) is 29.9 Å². The standard InChI is InChI=1S/C22H19FN4O5S/c23-16-5-1-3-13-10-25(21(29)27(31)20(13)16)8-2-4-15-11-26(22(30)32-15)14-6-7-18-17(9-14)24-19(28)12-33-18/h1,3,5-7,9-10,15H,2,4,8,11-12H2,(H,24,28). The maximum Gasteiger partial charge on any atom is 0.501 e. The molecular weight excluding hydrogens is 451 g/mol. The van der Waals surface area contributed by atoms with Crippen molar-refractivity contribution < 1.29 is 23.4 Å². The number of thioether (sulfide) groups is 1. The summed E-state index contributed by atoms with van der Waals surface area (Å²) in [6, 6.07) is 9.61. The molecule has 0 spiro atoms. The van der Waals surface area contributed by atoms with Gasteiger partial charge in [0.25, 0.3) is 0 Å². The summed E-state index contributed by atoms with van der Waals surface area (Å²) in [6.45, 7) is 0.557. The van der Waals surface area contributed by atoms with Crippen LogP contribution in [0, 0.1) is 11.0 Å². The van der Waals surface area contributed by atoms with Crippen LogP contribution in [0.5, 0.6) is 0 Å². The molecule has 2 aliphatic rings. The van der Waals surface area contributed by atoms with Crippen molar-refractivity contribution in [2.24, 2.45) is 0 Å². The minimum atomic E-state index is -0.855. The molecule has 0 saturated carbocycles. The number of nitrogens with one attached hydrogen (secondary N) is 1. The number of hydrogen-bond acceptors (Lipinski definition) is 6. The fraction of sp³-hybridized carbons (Fsp3) is 0.273. The maximum absolute atomic E-state index is 13.9. The second-order valence-corrected chi connectivity index (χ2v) is 8.87. The highest BCUT2D eigenvalue weighted by atomic mass is 32.2. The van der Waals surface area contributed by atoms with E-state index in [1.54, 1.807) is 12.1 Å². The summed E-state index contributed by atoms with van der Waals surface area (Å²) in [5.41, 5.74) is 0.164. The number of fused-ring (bicyclic) bond motifs is 2. The molecule has 0 bridgehead atoms. The molecule has 2 aliphatic heterocycles. The van der Waals surface area contributed by atoms with E-state index in [2.05, 4.69) is 5.32 Å². The Morgan fingerprint density at radius 3 is 2.94 bits per heavy atom. The third-order valence-corrected chi connectivity index (χ3v) is 6.72. The number of carbonyl (C=O) groups is 2. The number of rotatable bonds is 5. The highest BCUT2D eigenvalue weighted by Crippen LogP contribution is 2.35. The van der Waals surface area contributed by atoms with Crippen LogP contribution in [0.25, 0.3) is 10.9 Å². The zero-order chi connectivity index (χ0) is 23.1. The van der Waals surface area contributed by atoms with E-state index in [0.29, 0.717) is 41.9 Å². The van der Waals surface area contributed by atoms with Crippen LogP contribution in [0.2, 0.25) is 0 Å². The van der Waals surface area contributed by atoms with Crippen LogP contribution in [0.3, 0.4) is 0 Å². The van der Waals surface area contributed by atoms with Crippen molar-refractivity contribution in [1.82, 2.24) is 4.57 Å². The molecule has 3 heterocycles. The first-order valence-corrected chi connectivity index (χ1v) is 11.4. The van der Waals surface area contributed by atoms with Gasteiger partial charge < -0.3 is 15.3 Å². The summed E-state index contributed by atoms with van der Waals surface area (Å²) in [5, 5.41) is 15.3. The van der Waals surface area contributed by atoms with E-state index in [0.717, 1.165) is 11.0 Å². The van der Waals surface area contributed by atoms with Gasteiger partial charge in [-0.2, -0.15) is 14.1 Å². The van der Waals surface area contributed by atoms with Crippen molar-refractivity contribution in [3.05, 3.63) is 64.1 Å². The van der Waals surface area contributed by atoms with Crippen molar-refractivity contribution in [3.8, 4) is 0 Å².